The molecular formula is C12H14N4O3S. The number of carboxylic acid groups (broad SMARTS) is 1. The maximum absolute atomic E-state index is 11.7. The van der Waals surface area contributed by atoms with Crippen LogP contribution in [0.3, 0.4) is 0 Å². The molecule has 0 atom stereocenters. The van der Waals surface area contributed by atoms with Gasteiger partial charge in [0.05, 0.1) is 24.0 Å². The summed E-state index contributed by atoms with van der Waals surface area (Å²) in [7, 11) is 0. The molecule has 0 fully saturated rings. The molecule has 1 heterocycles. The summed E-state index contributed by atoms with van der Waals surface area (Å²) in [5.74, 6) is -1.03. The van der Waals surface area contributed by atoms with Gasteiger partial charge in [0.1, 0.15) is 11.0 Å². The Morgan fingerprint density at radius 2 is 2.15 bits per heavy atom. The van der Waals surface area contributed by atoms with E-state index in [1.165, 1.54) is 0 Å². The SMILES string of the molecule is O=C(O)CCCNCC(=O)Nc1cccc2nsnc12. The van der Waals surface area contributed by atoms with Gasteiger partial charge in [-0.1, -0.05) is 6.07 Å². The molecule has 0 aliphatic heterocycles. The standard InChI is InChI=1S/C12H14N4O3S/c17-10(7-13-6-2-5-11(18)19)14-8-3-1-4-9-12(8)16-20-15-9/h1,3-4,13H,2,5-7H2,(H,14,17)(H,18,19). The monoisotopic (exact) mass is 294 g/mol. The molecule has 7 nitrogen and oxygen atoms in total. The van der Waals surface area contributed by atoms with Crippen LogP contribution in [0, 0.1) is 0 Å². The number of carbonyl (C=O) groups is 2. The van der Waals surface area contributed by atoms with E-state index in [1.807, 2.05) is 6.07 Å². The number of aliphatic carboxylic acids is 1. The van der Waals surface area contributed by atoms with Crippen LogP contribution in [0.5, 0.6) is 0 Å². The van der Waals surface area contributed by atoms with Gasteiger partial charge >= 0.3 is 5.97 Å². The van der Waals surface area contributed by atoms with Gasteiger partial charge in [0, 0.05) is 6.42 Å². The number of hydrogen-bond acceptors (Lipinski definition) is 6. The molecule has 2 aromatic rings. The molecule has 0 radical (unpaired) electrons. The van der Waals surface area contributed by atoms with Crippen molar-refractivity contribution >= 4 is 40.3 Å². The van der Waals surface area contributed by atoms with Crippen LogP contribution in [-0.4, -0.2) is 38.8 Å². The predicted octanol–water partition coefficient (Wildman–Crippen LogP) is 1.08. The van der Waals surface area contributed by atoms with E-state index in [1.54, 1.807) is 12.1 Å². The summed E-state index contributed by atoms with van der Waals surface area (Å²) in [6.07, 6.45) is 0.590. The first-order valence-corrected chi connectivity index (χ1v) is 6.83. The van der Waals surface area contributed by atoms with Gasteiger partial charge in [-0.25, -0.2) is 0 Å². The molecule has 0 unspecified atom stereocenters. The molecule has 8 heteroatoms. The Bertz CT molecular complexity index is 614. The van der Waals surface area contributed by atoms with Crippen LogP contribution in [-0.2, 0) is 9.59 Å². The van der Waals surface area contributed by atoms with Gasteiger partial charge in [-0.15, -0.1) is 0 Å². The molecule has 1 aromatic carbocycles. The second-order valence-electron chi connectivity index (χ2n) is 4.16. The molecular weight excluding hydrogens is 280 g/mol. The van der Waals surface area contributed by atoms with Crippen LogP contribution in [0.4, 0.5) is 5.69 Å². The quantitative estimate of drug-likeness (QED) is 0.660. The fraction of sp³-hybridized carbons (Fsp3) is 0.333. The molecule has 0 spiro atoms. The number of hydrogen-bond donors (Lipinski definition) is 3. The first-order valence-electron chi connectivity index (χ1n) is 6.10. The van der Waals surface area contributed by atoms with Crippen molar-refractivity contribution in [3.63, 3.8) is 0 Å². The normalized spacial score (nSPS) is 10.6. The zero-order chi connectivity index (χ0) is 14.4. The molecule has 3 N–H and O–H groups in total. The highest BCUT2D eigenvalue weighted by Crippen LogP contribution is 2.20. The van der Waals surface area contributed by atoms with E-state index >= 15 is 0 Å². The van der Waals surface area contributed by atoms with Gasteiger partial charge in [0.25, 0.3) is 0 Å². The van der Waals surface area contributed by atoms with Gasteiger partial charge in [-0.3, -0.25) is 9.59 Å². The van der Waals surface area contributed by atoms with Crippen molar-refractivity contribution in [2.45, 2.75) is 12.8 Å². The fourth-order valence-electron chi connectivity index (χ4n) is 1.67. The first kappa shape index (κ1) is 14.4. The fourth-order valence-corrected chi connectivity index (χ4v) is 2.22. The molecule has 1 aromatic heterocycles. The number of rotatable bonds is 7. The maximum Gasteiger partial charge on any atom is 0.303 e. The highest BCUT2D eigenvalue weighted by molar-refractivity contribution is 7.00. The van der Waals surface area contributed by atoms with E-state index in [0.717, 1.165) is 17.2 Å². The molecule has 0 bridgehead atoms. The highest BCUT2D eigenvalue weighted by Gasteiger charge is 2.08. The van der Waals surface area contributed by atoms with E-state index in [2.05, 4.69) is 19.4 Å². The zero-order valence-electron chi connectivity index (χ0n) is 10.6. The minimum absolute atomic E-state index is 0.0957. The Labute approximate surface area is 119 Å². The summed E-state index contributed by atoms with van der Waals surface area (Å²) in [6, 6.07) is 5.41. The van der Waals surface area contributed by atoms with Gasteiger partial charge in [0.15, 0.2) is 0 Å². The van der Waals surface area contributed by atoms with Gasteiger partial charge < -0.3 is 15.7 Å². The molecule has 0 saturated heterocycles. The Morgan fingerprint density at radius 3 is 2.95 bits per heavy atom. The number of fused-ring (bicyclic) bond motifs is 1. The van der Waals surface area contributed by atoms with E-state index in [0.29, 0.717) is 24.2 Å². The van der Waals surface area contributed by atoms with Crippen molar-refractivity contribution in [2.75, 3.05) is 18.4 Å². The van der Waals surface area contributed by atoms with Crippen molar-refractivity contribution in [1.82, 2.24) is 14.1 Å². The number of carbonyl (C=O) groups excluding carboxylic acids is 1. The highest BCUT2D eigenvalue weighted by atomic mass is 32.1. The van der Waals surface area contributed by atoms with E-state index in [9.17, 15) is 9.59 Å². The van der Waals surface area contributed by atoms with Gasteiger partial charge in [-0.2, -0.15) is 8.75 Å². The molecule has 0 aliphatic rings. The average molecular weight is 294 g/mol. The number of carboxylic acids is 1. The lowest BCUT2D eigenvalue weighted by Gasteiger charge is -2.06. The second-order valence-corrected chi connectivity index (χ2v) is 4.69. The summed E-state index contributed by atoms with van der Waals surface area (Å²) in [6.45, 7) is 0.621. The van der Waals surface area contributed by atoms with E-state index in [-0.39, 0.29) is 18.9 Å². The zero-order valence-corrected chi connectivity index (χ0v) is 11.4. The van der Waals surface area contributed by atoms with E-state index in [4.69, 9.17) is 5.11 Å². The molecule has 0 saturated carbocycles. The van der Waals surface area contributed by atoms with Crippen molar-refractivity contribution in [1.29, 1.82) is 0 Å². The third-order valence-corrected chi connectivity index (χ3v) is 3.13. The summed E-state index contributed by atoms with van der Waals surface area (Å²) >= 11 is 1.10. The van der Waals surface area contributed by atoms with Crippen LogP contribution >= 0.6 is 11.7 Å². The van der Waals surface area contributed by atoms with Gasteiger partial charge in [-0.05, 0) is 25.1 Å². The Balaban J connectivity index is 1.80. The van der Waals surface area contributed by atoms with Crippen molar-refractivity contribution < 1.29 is 14.7 Å². The summed E-state index contributed by atoms with van der Waals surface area (Å²) in [5.41, 5.74) is 2.06. The summed E-state index contributed by atoms with van der Waals surface area (Å²) < 4.78 is 8.23. The lowest BCUT2D eigenvalue weighted by atomic mass is 10.2. The van der Waals surface area contributed by atoms with Crippen LogP contribution in [0.1, 0.15) is 12.8 Å². The minimum Gasteiger partial charge on any atom is -0.481 e. The van der Waals surface area contributed by atoms with Crippen LogP contribution < -0.4 is 10.6 Å². The number of anilines is 1. The summed E-state index contributed by atoms with van der Waals surface area (Å²) in [5, 5.41) is 14.1. The third kappa shape index (κ3) is 3.97. The largest absolute Gasteiger partial charge is 0.481 e. The number of aromatic nitrogens is 2. The number of amides is 1. The predicted molar refractivity (Wildman–Crippen MR) is 75.8 cm³/mol. The summed E-state index contributed by atoms with van der Waals surface area (Å²) in [4.78, 5) is 22.1. The molecule has 20 heavy (non-hydrogen) atoms. The molecule has 0 aliphatic carbocycles. The average Bonchev–Trinajstić information content (AvgIpc) is 2.87. The second kappa shape index (κ2) is 6.92. The number of nitrogens with zero attached hydrogens (tertiary/aromatic N) is 2. The number of nitrogens with one attached hydrogen (secondary N) is 2. The molecule has 106 valence electrons. The van der Waals surface area contributed by atoms with Crippen LogP contribution in [0.25, 0.3) is 11.0 Å². The van der Waals surface area contributed by atoms with Crippen molar-refractivity contribution in [3.8, 4) is 0 Å². The Morgan fingerprint density at radius 1 is 1.30 bits per heavy atom. The first-order chi connectivity index (χ1) is 9.66. The van der Waals surface area contributed by atoms with Crippen LogP contribution in [0.2, 0.25) is 0 Å². The van der Waals surface area contributed by atoms with Crippen LogP contribution in [0.15, 0.2) is 18.2 Å². The Hall–Kier alpha value is -2.06. The van der Waals surface area contributed by atoms with E-state index < -0.39 is 5.97 Å². The van der Waals surface area contributed by atoms with Crippen molar-refractivity contribution in [2.24, 2.45) is 0 Å². The Kier molecular flexibility index (Phi) is 4.97. The number of benzene rings is 1. The maximum atomic E-state index is 11.7. The third-order valence-electron chi connectivity index (χ3n) is 2.59. The smallest absolute Gasteiger partial charge is 0.303 e. The molecule has 1 amide bonds. The minimum atomic E-state index is -0.834. The van der Waals surface area contributed by atoms with Gasteiger partial charge in [0.2, 0.25) is 5.91 Å². The van der Waals surface area contributed by atoms with Crippen molar-refractivity contribution in [3.05, 3.63) is 18.2 Å². The lowest BCUT2D eigenvalue weighted by molar-refractivity contribution is -0.137. The lowest BCUT2D eigenvalue weighted by Crippen LogP contribution is -2.29. The topological polar surface area (TPSA) is 104 Å². The molecule has 2 rings (SSSR count).